The molecule has 2 aromatic carbocycles. The topological polar surface area (TPSA) is 78.0 Å². The molecule has 0 spiro atoms. The lowest BCUT2D eigenvalue weighted by Gasteiger charge is -2.07. The van der Waals surface area contributed by atoms with Crippen LogP contribution in [0.15, 0.2) is 67.0 Å². The second kappa shape index (κ2) is 5.68. The van der Waals surface area contributed by atoms with E-state index in [-0.39, 0.29) is 12.1 Å². The minimum absolute atomic E-state index is 0.139. The number of fused-ring (bicyclic) bond motifs is 2. The molecule has 0 saturated heterocycles. The lowest BCUT2D eigenvalue weighted by molar-refractivity contribution is 0.551. The second-order valence-corrected chi connectivity index (χ2v) is 6.22. The molecule has 0 fully saturated rings. The molecule has 4 aromatic rings. The highest BCUT2D eigenvalue weighted by Crippen LogP contribution is 2.22. The molecule has 24 heavy (non-hydrogen) atoms. The Balaban J connectivity index is 1.90. The summed E-state index contributed by atoms with van der Waals surface area (Å²) in [6, 6.07) is 13.8. The zero-order chi connectivity index (χ0) is 16.7. The van der Waals surface area contributed by atoms with Gasteiger partial charge in [0.25, 0.3) is 5.56 Å². The summed E-state index contributed by atoms with van der Waals surface area (Å²) < 4.78 is 7.26. The van der Waals surface area contributed by atoms with Crippen LogP contribution in [-0.2, 0) is 6.54 Å². The standard InChI is InChI=1S/C17H10BrN3O3/c18-11-5-6-12-10(7-16(22)24-15(12)8-11)9-21-17(23)13-3-1-2-4-14(13)19-20-21/h1-8H,9H2. The third-order valence-electron chi connectivity index (χ3n) is 3.74. The van der Waals surface area contributed by atoms with Crippen molar-refractivity contribution in [2.24, 2.45) is 0 Å². The minimum atomic E-state index is -0.475. The summed E-state index contributed by atoms with van der Waals surface area (Å²) in [7, 11) is 0. The van der Waals surface area contributed by atoms with Gasteiger partial charge in [-0.25, -0.2) is 9.48 Å². The number of halogens is 1. The summed E-state index contributed by atoms with van der Waals surface area (Å²) in [4.78, 5) is 24.4. The van der Waals surface area contributed by atoms with E-state index in [9.17, 15) is 9.59 Å². The quantitative estimate of drug-likeness (QED) is 0.497. The molecule has 0 N–H and O–H groups in total. The van der Waals surface area contributed by atoms with Crippen LogP contribution in [0, 0.1) is 0 Å². The van der Waals surface area contributed by atoms with Crippen molar-refractivity contribution in [2.75, 3.05) is 0 Å². The van der Waals surface area contributed by atoms with Crippen molar-refractivity contribution in [2.45, 2.75) is 6.54 Å². The van der Waals surface area contributed by atoms with E-state index in [2.05, 4.69) is 26.2 Å². The van der Waals surface area contributed by atoms with E-state index in [0.29, 0.717) is 22.0 Å². The average molecular weight is 384 g/mol. The molecule has 6 nitrogen and oxygen atoms in total. The molecule has 4 rings (SSSR count). The Morgan fingerprint density at radius 2 is 1.88 bits per heavy atom. The predicted molar refractivity (Wildman–Crippen MR) is 93.1 cm³/mol. The van der Waals surface area contributed by atoms with Crippen LogP contribution in [-0.4, -0.2) is 15.0 Å². The summed E-state index contributed by atoms with van der Waals surface area (Å²) >= 11 is 3.35. The number of nitrogens with zero attached hydrogens (tertiary/aromatic N) is 3. The predicted octanol–water partition coefficient (Wildman–Crippen LogP) is 2.71. The van der Waals surface area contributed by atoms with Crippen molar-refractivity contribution in [3.8, 4) is 0 Å². The van der Waals surface area contributed by atoms with E-state index in [1.807, 2.05) is 12.1 Å². The van der Waals surface area contributed by atoms with Crippen LogP contribution >= 0.6 is 15.9 Å². The molecule has 0 saturated carbocycles. The number of hydrogen-bond acceptors (Lipinski definition) is 5. The van der Waals surface area contributed by atoms with Gasteiger partial charge in [0, 0.05) is 15.9 Å². The maximum Gasteiger partial charge on any atom is 0.336 e. The fourth-order valence-corrected chi connectivity index (χ4v) is 2.96. The van der Waals surface area contributed by atoms with Gasteiger partial charge in [-0.05, 0) is 35.9 Å². The average Bonchev–Trinajstić information content (AvgIpc) is 2.57. The van der Waals surface area contributed by atoms with Gasteiger partial charge in [-0.2, -0.15) is 0 Å². The molecule has 2 aromatic heterocycles. The lowest BCUT2D eigenvalue weighted by atomic mass is 10.1. The van der Waals surface area contributed by atoms with Gasteiger partial charge in [0.1, 0.15) is 11.1 Å². The Morgan fingerprint density at radius 3 is 2.75 bits per heavy atom. The Hall–Kier alpha value is -2.80. The number of benzene rings is 2. The third-order valence-corrected chi connectivity index (χ3v) is 4.23. The van der Waals surface area contributed by atoms with Crippen LogP contribution in [0.5, 0.6) is 0 Å². The number of rotatable bonds is 2. The first-order valence-corrected chi connectivity index (χ1v) is 7.96. The molecular weight excluding hydrogens is 374 g/mol. The normalized spacial score (nSPS) is 11.2. The molecular formula is C17H10BrN3O3. The van der Waals surface area contributed by atoms with Gasteiger partial charge in [-0.15, -0.1) is 5.10 Å². The first kappa shape index (κ1) is 14.8. The smallest absolute Gasteiger partial charge is 0.336 e. The highest BCUT2D eigenvalue weighted by Gasteiger charge is 2.10. The second-order valence-electron chi connectivity index (χ2n) is 5.30. The number of hydrogen-bond donors (Lipinski definition) is 0. The molecule has 0 bridgehead atoms. The van der Waals surface area contributed by atoms with E-state index >= 15 is 0 Å². The maximum atomic E-state index is 12.6. The summed E-state index contributed by atoms with van der Waals surface area (Å²) in [5.41, 5.74) is 0.922. The molecule has 0 radical (unpaired) electrons. The molecule has 2 heterocycles. The maximum absolute atomic E-state index is 12.6. The van der Waals surface area contributed by atoms with Crippen LogP contribution in [0.3, 0.4) is 0 Å². The van der Waals surface area contributed by atoms with E-state index in [0.717, 1.165) is 9.86 Å². The molecule has 0 amide bonds. The zero-order valence-corrected chi connectivity index (χ0v) is 13.9. The van der Waals surface area contributed by atoms with Gasteiger partial charge < -0.3 is 4.42 Å². The van der Waals surface area contributed by atoms with Gasteiger partial charge in [0.05, 0.1) is 11.9 Å². The largest absolute Gasteiger partial charge is 0.423 e. The van der Waals surface area contributed by atoms with Crippen LogP contribution in [0.2, 0.25) is 0 Å². The molecule has 0 atom stereocenters. The van der Waals surface area contributed by atoms with Gasteiger partial charge in [-0.1, -0.05) is 33.3 Å². The molecule has 0 aliphatic carbocycles. The monoisotopic (exact) mass is 383 g/mol. The van der Waals surface area contributed by atoms with Crippen molar-refractivity contribution in [1.82, 2.24) is 15.0 Å². The summed E-state index contributed by atoms with van der Waals surface area (Å²) in [6.07, 6.45) is 0. The first-order chi connectivity index (χ1) is 11.6. The van der Waals surface area contributed by atoms with E-state index in [1.54, 1.807) is 30.3 Å². The van der Waals surface area contributed by atoms with Gasteiger partial charge in [0.2, 0.25) is 0 Å². The Kier molecular flexibility index (Phi) is 3.50. The first-order valence-electron chi connectivity index (χ1n) is 7.17. The van der Waals surface area contributed by atoms with Crippen LogP contribution in [0.25, 0.3) is 21.9 Å². The third kappa shape index (κ3) is 2.52. The Bertz CT molecular complexity index is 1200. The minimum Gasteiger partial charge on any atom is -0.423 e. The molecule has 0 aliphatic heterocycles. The summed E-state index contributed by atoms with van der Waals surface area (Å²) in [6.45, 7) is 0.139. The highest BCUT2D eigenvalue weighted by molar-refractivity contribution is 9.10. The van der Waals surface area contributed by atoms with Crippen molar-refractivity contribution < 1.29 is 4.42 Å². The Labute approximate surface area is 143 Å². The van der Waals surface area contributed by atoms with Crippen molar-refractivity contribution in [3.63, 3.8) is 0 Å². The van der Waals surface area contributed by atoms with Gasteiger partial charge in [0.15, 0.2) is 0 Å². The van der Waals surface area contributed by atoms with Gasteiger partial charge >= 0.3 is 5.63 Å². The lowest BCUT2D eigenvalue weighted by Crippen LogP contribution is -2.25. The Morgan fingerprint density at radius 1 is 1.04 bits per heavy atom. The molecule has 0 unspecified atom stereocenters. The molecule has 118 valence electrons. The van der Waals surface area contributed by atoms with Crippen molar-refractivity contribution >= 4 is 37.8 Å². The summed E-state index contributed by atoms with van der Waals surface area (Å²) in [5.74, 6) is 0. The van der Waals surface area contributed by atoms with Crippen LogP contribution in [0.4, 0.5) is 0 Å². The highest BCUT2D eigenvalue weighted by atomic mass is 79.9. The number of aromatic nitrogens is 3. The van der Waals surface area contributed by atoms with E-state index < -0.39 is 5.63 Å². The SMILES string of the molecule is O=c1cc(Cn2nnc3ccccc3c2=O)c2ccc(Br)cc2o1. The molecule has 0 aliphatic rings. The van der Waals surface area contributed by atoms with E-state index in [4.69, 9.17) is 4.42 Å². The zero-order valence-electron chi connectivity index (χ0n) is 12.3. The van der Waals surface area contributed by atoms with Crippen molar-refractivity contribution in [3.05, 3.63) is 79.3 Å². The van der Waals surface area contributed by atoms with Crippen LogP contribution in [0.1, 0.15) is 5.56 Å². The van der Waals surface area contributed by atoms with E-state index in [1.165, 1.54) is 10.7 Å². The summed E-state index contributed by atoms with van der Waals surface area (Å²) in [5, 5.41) is 9.26. The molecule has 7 heteroatoms. The fourth-order valence-electron chi connectivity index (χ4n) is 2.62. The van der Waals surface area contributed by atoms with Crippen molar-refractivity contribution in [1.29, 1.82) is 0 Å². The van der Waals surface area contributed by atoms with Gasteiger partial charge in [-0.3, -0.25) is 4.79 Å². The fraction of sp³-hybridized carbons (Fsp3) is 0.0588. The van der Waals surface area contributed by atoms with Crippen LogP contribution < -0.4 is 11.2 Å².